The third-order valence-electron chi connectivity index (χ3n) is 5.48. The van der Waals surface area contributed by atoms with Gasteiger partial charge in [0.1, 0.15) is 6.54 Å². The minimum absolute atomic E-state index is 0.0582. The molecular formula is C25H18ClF2N5O3S. The quantitative estimate of drug-likeness (QED) is 0.332. The number of carbonyl (C=O) groups is 1. The number of carbonyl (C=O) groups excluding carboxylic acids is 1. The molecule has 1 N–H and O–H groups in total. The number of alkyl halides is 2. The molecule has 0 aliphatic heterocycles. The van der Waals surface area contributed by atoms with Gasteiger partial charge in [0.05, 0.1) is 16.6 Å². The van der Waals surface area contributed by atoms with Crippen LogP contribution >= 0.6 is 22.9 Å². The normalized spacial score (nSPS) is 12.9. The minimum Gasteiger partial charge on any atom is -0.424 e. The number of nitrogens with zero attached hydrogens (tertiary/aromatic N) is 4. The molecule has 12 heteroatoms. The molecule has 3 heterocycles. The van der Waals surface area contributed by atoms with Crippen LogP contribution < -0.4 is 10.9 Å². The van der Waals surface area contributed by atoms with E-state index in [1.165, 1.54) is 40.3 Å². The number of rotatable bonds is 6. The number of pyridine rings is 1. The lowest BCUT2D eigenvalue weighted by Crippen LogP contribution is -2.24. The number of hydrogen-bond donors (Lipinski definition) is 1. The molecule has 4 aromatic rings. The molecule has 1 saturated carbocycles. The highest BCUT2D eigenvalue weighted by Crippen LogP contribution is 2.34. The van der Waals surface area contributed by atoms with Gasteiger partial charge in [0.15, 0.2) is 5.13 Å². The van der Waals surface area contributed by atoms with Gasteiger partial charge in [0, 0.05) is 46.8 Å². The van der Waals surface area contributed by atoms with E-state index in [1.807, 2.05) is 0 Å². The number of benzene rings is 1. The second kappa shape index (κ2) is 10.2. The second-order valence-corrected chi connectivity index (χ2v) is 9.79. The Bertz CT molecular complexity index is 1610. The summed E-state index contributed by atoms with van der Waals surface area (Å²) in [7, 11) is 0. The van der Waals surface area contributed by atoms with Crippen LogP contribution in [0.5, 0.6) is 0 Å². The summed E-state index contributed by atoms with van der Waals surface area (Å²) in [6, 6.07) is 4.83. The standard InChI is InChI=1S/C25H18ClF2N5O3S/c1-13-31-32-21(36-13)12-33-11-19(17-8-15(23(27)28)5-7-20(17)26)18(9-22(33)34)24(35)30-25-29-10-16(37-25)6-4-14-2-3-14/h5,7-11,14,23H,2-3,12H2,1H3,(H,29,30,35). The average Bonchev–Trinajstić information content (AvgIpc) is 3.45. The third kappa shape index (κ3) is 5.76. The van der Waals surface area contributed by atoms with Crippen molar-refractivity contribution >= 4 is 34.0 Å². The molecule has 0 radical (unpaired) electrons. The van der Waals surface area contributed by atoms with Crippen LogP contribution in [0.3, 0.4) is 0 Å². The van der Waals surface area contributed by atoms with Crippen molar-refractivity contribution < 1.29 is 18.0 Å². The van der Waals surface area contributed by atoms with Gasteiger partial charge in [-0.15, -0.1) is 10.2 Å². The van der Waals surface area contributed by atoms with Crippen molar-refractivity contribution in [3.05, 3.63) is 79.8 Å². The number of aryl methyl sites for hydroxylation is 1. The zero-order chi connectivity index (χ0) is 26.1. The van der Waals surface area contributed by atoms with E-state index < -0.39 is 17.9 Å². The first kappa shape index (κ1) is 24.8. The Balaban J connectivity index is 1.54. The number of anilines is 1. The van der Waals surface area contributed by atoms with E-state index in [-0.39, 0.29) is 44.8 Å². The van der Waals surface area contributed by atoms with Crippen molar-refractivity contribution in [3.63, 3.8) is 0 Å². The molecule has 1 aliphatic carbocycles. The maximum atomic E-state index is 13.5. The topological polar surface area (TPSA) is 103 Å². The lowest BCUT2D eigenvalue weighted by Gasteiger charge is -2.14. The van der Waals surface area contributed by atoms with Gasteiger partial charge in [0.25, 0.3) is 17.9 Å². The number of aromatic nitrogens is 4. The van der Waals surface area contributed by atoms with Crippen molar-refractivity contribution in [3.8, 4) is 23.0 Å². The van der Waals surface area contributed by atoms with Crippen LogP contribution in [0, 0.1) is 24.7 Å². The lowest BCUT2D eigenvalue weighted by molar-refractivity contribution is 0.102. The fourth-order valence-electron chi connectivity index (χ4n) is 3.49. The summed E-state index contributed by atoms with van der Waals surface area (Å²) in [6.07, 6.45) is 2.34. The van der Waals surface area contributed by atoms with Gasteiger partial charge in [-0.05, 0) is 25.0 Å². The Morgan fingerprint density at radius 3 is 2.81 bits per heavy atom. The maximum absolute atomic E-state index is 13.5. The van der Waals surface area contributed by atoms with Gasteiger partial charge < -0.3 is 8.98 Å². The molecule has 0 unspecified atom stereocenters. The monoisotopic (exact) mass is 541 g/mol. The highest BCUT2D eigenvalue weighted by molar-refractivity contribution is 7.16. The van der Waals surface area contributed by atoms with E-state index in [4.69, 9.17) is 16.0 Å². The molecule has 0 bridgehead atoms. The van der Waals surface area contributed by atoms with Crippen LogP contribution in [0.4, 0.5) is 13.9 Å². The first-order valence-electron chi connectivity index (χ1n) is 11.2. The Hall–Kier alpha value is -3.88. The van der Waals surface area contributed by atoms with Crippen LogP contribution in [-0.2, 0) is 6.54 Å². The smallest absolute Gasteiger partial charge is 0.263 e. The molecule has 3 aromatic heterocycles. The molecule has 5 rings (SSSR count). The molecule has 37 heavy (non-hydrogen) atoms. The van der Waals surface area contributed by atoms with Crippen molar-refractivity contribution in [2.45, 2.75) is 32.7 Å². The zero-order valence-electron chi connectivity index (χ0n) is 19.3. The number of halogens is 3. The zero-order valence-corrected chi connectivity index (χ0v) is 20.9. The van der Waals surface area contributed by atoms with E-state index in [1.54, 1.807) is 13.1 Å². The number of hydrogen-bond acceptors (Lipinski definition) is 7. The number of thiazole rings is 1. The first-order valence-corrected chi connectivity index (χ1v) is 12.4. The Labute approximate surface area is 218 Å². The molecule has 188 valence electrons. The van der Waals surface area contributed by atoms with E-state index in [0.29, 0.717) is 16.7 Å². The van der Waals surface area contributed by atoms with Crippen molar-refractivity contribution in [2.24, 2.45) is 5.92 Å². The molecule has 1 aromatic carbocycles. The van der Waals surface area contributed by atoms with Gasteiger partial charge >= 0.3 is 0 Å². The summed E-state index contributed by atoms with van der Waals surface area (Å²) in [4.78, 5) is 31.1. The molecule has 0 atom stereocenters. The predicted molar refractivity (Wildman–Crippen MR) is 134 cm³/mol. The molecule has 8 nitrogen and oxygen atoms in total. The maximum Gasteiger partial charge on any atom is 0.263 e. The summed E-state index contributed by atoms with van der Waals surface area (Å²) >= 11 is 7.56. The van der Waals surface area contributed by atoms with E-state index in [9.17, 15) is 18.4 Å². The van der Waals surface area contributed by atoms with Crippen molar-refractivity contribution in [1.29, 1.82) is 0 Å². The molecule has 1 amide bonds. The van der Waals surface area contributed by atoms with Gasteiger partial charge in [0.2, 0.25) is 11.8 Å². The van der Waals surface area contributed by atoms with E-state index in [2.05, 4.69) is 32.3 Å². The van der Waals surface area contributed by atoms with Gasteiger partial charge in [-0.1, -0.05) is 40.8 Å². The fraction of sp³-hybridized carbons (Fsp3) is 0.240. The highest BCUT2D eigenvalue weighted by atomic mass is 35.5. The Kier molecular flexibility index (Phi) is 6.86. The predicted octanol–water partition coefficient (Wildman–Crippen LogP) is 5.32. The summed E-state index contributed by atoms with van der Waals surface area (Å²) in [5.41, 5.74) is -0.547. The lowest BCUT2D eigenvalue weighted by atomic mass is 9.99. The van der Waals surface area contributed by atoms with Crippen LogP contribution in [0.1, 0.15) is 51.8 Å². The Morgan fingerprint density at radius 1 is 1.30 bits per heavy atom. The molecule has 0 saturated heterocycles. The van der Waals surface area contributed by atoms with Crippen LogP contribution in [-0.4, -0.2) is 25.7 Å². The van der Waals surface area contributed by atoms with Crippen LogP contribution in [0.25, 0.3) is 11.1 Å². The van der Waals surface area contributed by atoms with E-state index in [0.717, 1.165) is 18.9 Å². The van der Waals surface area contributed by atoms with Gasteiger partial charge in [-0.2, -0.15) is 0 Å². The number of nitrogens with one attached hydrogen (secondary N) is 1. The SMILES string of the molecule is Cc1nnc(Cn2cc(-c3cc(C(F)F)ccc3Cl)c(C(=O)Nc3ncc(C#CC4CC4)s3)cc2=O)o1. The Morgan fingerprint density at radius 2 is 2.11 bits per heavy atom. The largest absolute Gasteiger partial charge is 0.424 e. The highest BCUT2D eigenvalue weighted by Gasteiger charge is 2.22. The van der Waals surface area contributed by atoms with Crippen LogP contribution in [0.15, 0.2) is 45.9 Å². The molecule has 1 aliphatic rings. The van der Waals surface area contributed by atoms with Crippen molar-refractivity contribution in [2.75, 3.05) is 5.32 Å². The second-order valence-electron chi connectivity index (χ2n) is 8.35. The van der Waals surface area contributed by atoms with Crippen LogP contribution in [0.2, 0.25) is 5.02 Å². The summed E-state index contributed by atoms with van der Waals surface area (Å²) in [5, 5.41) is 10.7. The van der Waals surface area contributed by atoms with E-state index >= 15 is 0 Å². The summed E-state index contributed by atoms with van der Waals surface area (Å²) < 4.78 is 33.5. The third-order valence-corrected chi connectivity index (χ3v) is 6.64. The number of amides is 1. The average molecular weight is 542 g/mol. The summed E-state index contributed by atoms with van der Waals surface area (Å²) in [6.45, 7) is 1.52. The summed E-state index contributed by atoms with van der Waals surface area (Å²) in [5.74, 6) is 6.41. The van der Waals surface area contributed by atoms with Gasteiger partial charge in [-0.25, -0.2) is 13.8 Å². The molecule has 1 fully saturated rings. The molecular weight excluding hydrogens is 524 g/mol. The fourth-order valence-corrected chi connectivity index (χ4v) is 4.38. The van der Waals surface area contributed by atoms with Gasteiger partial charge in [-0.3, -0.25) is 14.9 Å². The van der Waals surface area contributed by atoms with Crippen molar-refractivity contribution in [1.82, 2.24) is 19.7 Å². The minimum atomic E-state index is -2.76. The molecule has 0 spiro atoms. The first-order chi connectivity index (χ1) is 17.8.